The van der Waals surface area contributed by atoms with Crippen molar-refractivity contribution >= 4 is 20.3 Å². The van der Waals surface area contributed by atoms with Gasteiger partial charge in [-0.1, -0.05) is 67.2 Å². The molecule has 0 N–H and O–H groups in total. The molecule has 0 aliphatic carbocycles. The third kappa shape index (κ3) is 6.08. The monoisotopic (exact) mass is 487 g/mol. The van der Waals surface area contributed by atoms with Crippen molar-refractivity contribution in [3.05, 3.63) is 46.5 Å². The van der Waals surface area contributed by atoms with Crippen LogP contribution in [0.3, 0.4) is 0 Å². The smallest absolute Gasteiger partial charge is 0.384 e. The van der Waals surface area contributed by atoms with Gasteiger partial charge in [-0.25, -0.2) is 4.67 Å². The first-order chi connectivity index (χ1) is 15.3. The normalized spacial score (nSPS) is 14.8. The molecule has 2 aromatic carbocycles. The molecule has 0 amide bonds. The molecule has 4 aliphatic heterocycles. The topological polar surface area (TPSA) is 21.7 Å². The molecule has 0 fully saturated rings. The minimum atomic E-state index is -1.30. The molecule has 182 valence electrons. The molecule has 0 radical (unpaired) electrons. The maximum atomic E-state index is 6.87. The summed E-state index contributed by atoms with van der Waals surface area (Å²) in [6, 6.07) is 9.15. The lowest BCUT2D eigenvalue weighted by molar-refractivity contribution is 0.344. The molecule has 3 nitrogen and oxygen atoms in total. The lowest BCUT2D eigenvalue weighted by Gasteiger charge is -2.34. The summed E-state index contributed by atoms with van der Waals surface area (Å²) in [6.07, 6.45) is 2.13. The first-order valence-corrected chi connectivity index (χ1v) is 14.2. The van der Waals surface area contributed by atoms with Crippen molar-refractivity contribution < 1.29 is 9.05 Å². The van der Waals surface area contributed by atoms with Crippen molar-refractivity contribution in [3.63, 3.8) is 0 Å². The zero-order valence-electron chi connectivity index (χ0n) is 22.3. The second kappa shape index (κ2) is 10.2. The Morgan fingerprint density at radius 3 is 1.45 bits per heavy atom. The highest BCUT2D eigenvalue weighted by Gasteiger charge is 2.32. The van der Waals surface area contributed by atoms with E-state index in [4.69, 9.17) is 9.05 Å². The van der Waals surface area contributed by atoms with Crippen LogP contribution in [0.5, 0.6) is 11.5 Å². The summed E-state index contributed by atoms with van der Waals surface area (Å²) < 4.78 is 16.1. The van der Waals surface area contributed by atoms with E-state index in [1.54, 1.807) is 0 Å². The number of hydrogen-bond acceptors (Lipinski definition) is 4. The van der Waals surface area contributed by atoms with Crippen LogP contribution in [-0.2, 0) is 10.8 Å². The third-order valence-corrected chi connectivity index (χ3v) is 8.82. The van der Waals surface area contributed by atoms with Crippen molar-refractivity contribution in [3.8, 4) is 11.5 Å². The molecule has 4 bridgehead atoms. The Balaban J connectivity index is 2.30. The molecule has 0 atom stereocenters. The Hall–Kier alpha value is -1.22. The van der Waals surface area contributed by atoms with Gasteiger partial charge in [-0.2, -0.15) is 0 Å². The van der Waals surface area contributed by atoms with E-state index in [0.717, 1.165) is 37.4 Å². The van der Waals surface area contributed by atoms with Crippen LogP contribution >= 0.6 is 20.3 Å². The molecular weight excluding hydrogens is 445 g/mol. The van der Waals surface area contributed by atoms with E-state index < -0.39 is 8.53 Å². The minimum absolute atomic E-state index is 0.0298. The molecule has 0 aromatic heterocycles. The highest BCUT2D eigenvalue weighted by atomic mass is 32.2. The Morgan fingerprint density at radius 2 is 1.12 bits per heavy atom. The molecule has 0 spiro atoms. The average molecular weight is 488 g/mol. The lowest BCUT2D eigenvalue weighted by Crippen LogP contribution is -2.26. The van der Waals surface area contributed by atoms with Gasteiger partial charge in [0.1, 0.15) is 11.5 Å². The van der Waals surface area contributed by atoms with Crippen LogP contribution in [-0.4, -0.2) is 17.8 Å². The molecule has 5 heteroatoms. The van der Waals surface area contributed by atoms with Crippen LogP contribution < -0.4 is 9.05 Å². The fraction of sp³-hybridized carbons (Fsp3) is 0.571. The zero-order chi connectivity index (χ0) is 24.6. The van der Waals surface area contributed by atoms with Crippen molar-refractivity contribution in [2.24, 2.45) is 0 Å². The largest absolute Gasteiger partial charge is 0.427 e. The molecule has 0 unspecified atom stereocenters. The van der Waals surface area contributed by atoms with Gasteiger partial charge in [-0.3, -0.25) is 0 Å². The van der Waals surface area contributed by atoms with Gasteiger partial charge >= 0.3 is 8.53 Å². The van der Waals surface area contributed by atoms with Crippen LogP contribution in [0.4, 0.5) is 0 Å². The zero-order valence-corrected chi connectivity index (χ0v) is 24.0. The molecular formula is C28H42NO2PS. The Kier molecular flexibility index (Phi) is 8.14. The van der Waals surface area contributed by atoms with Crippen molar-refractivity contribution in [1.29, 1.82) is 0 Å². The lowest BCUT2D eigenvalue weighted by atomic mass is 9.86. The molecule has 4 heterocycles. The highest BCUT2D eigenvalue weighted by Crippen LogP contribution is 2.52. The second-order valence-electron chi connectivity index (χ2n) is 11.2. The summed E-state index contributed by atoms with van der Waals surface area (Å²) >= 11 is 1.86. The number of nitrogens with zero attached hydrogens (tertiary/aromatic N) is 1. The van der Waals surface area contributed by atoms with Gasteiger partial charge in [0.25, 0.3) is 0 Å². The molecule has 0 saturated heterocycles. The van der Waals surface area contributed by atoms with Gasteiger partial charge in [-0.05, 0) is 72.9 Å². The van der Waals surface area contributed by atoms with Gasteiger partial charge in [0, 0.05) is 34.0 Å². The fourth-order valence-electron chi connectivity index (χ4n) is 4.08. The summed E-state index contributed by atoms with van der Waals surface area (Å²) in [5.41, 5.74) is 4.91. The van der Waals surface area contributed by atoms with E-state index in [2.05, 4.69) is 98.2 Å². The Bertz CT molecular complexity index is 913. The molecule has 33 heavy (non-hydrogen) atoms. The average Bonchev–Trinajstić information content (AvgIpc) is 2.67. The molecule has 4 aliphatic rings. The minimum Gasteiger partial charge on any atom is -0.427 e. The van der Waals surface area contributed by atoms with Gasteiger partial charge < -0.3 is 9.05 Å². The molecule has 6 rings (SSSR count). The highest BCUT2D eigenvalue weighted by molar-refractivity contribution is 7.99. The molecule has 2 aromatic rings. The van der Waals surface area contributed by atoms with E-state index in [1.165, 1.54) is 32.0 Å². The fourth-order valence-corrected chi connectivity index (χ4v) is 6.74. The van der Waals surface area contributed by atoms with Crippen LogP contribution in [0, 0.1) is 13.8 Å². The van der Waals surface area contributed by atoms with Gasteiger partial charge in [0.05, 0.1) is 0 Å². The van der Waals surface area contributed by atoms with E-state index in [9.17, 15) is 0 Å². The van der Waals surface area contributed by atoms with Crippen LogP contribution in [0.25, 0.3) is 0 Å². The number of hydrogen-bond donors (Lipinski definition) is 0. The number of aryl methyl sites for hydroxylation is 2. The SMILES string of the molecule is CCCN(CCC)P1Oc2cc(C)c(cc2C(C)(C)C)Sc2cc(C(C)(C)C)c(cc2C)O1. The first-order valence-electron chi connectivity index (χ1n) is 12.2. The number of benzene rings is 2. The van der Waals surface area contributed by atoms with Crippen LogP contribution in [0.2, 0.25) is 0 Å². The van der Waals surface area contributed by atoms with Crippen molar-refractivity contribution in [2.75, 3.05) is 13.1 Å². The van der Waals surface area contributed by atoms with Gasteiger partial charge in [-0.15, -0.1) is 0 Å². The Morgan fingerprint density at radius 1 is 0.727 bits per heavy atom. The predicted octanol–water partition coefficient (Wildman–Crippen LogP) is 9.17. The second-order valence-corrected chi connectivity index (χ2v) is 13.7. The first kappa shape index (κ1) is 26.4. The van der Waals surface area contributed by atoms with E-state index in [1.807, 2.05) is 11.8 Å². The van der Waals surface area contributed by atoms with E-state index in [-0.39, 0.29) is 10.8 Å². The van der Waals surface area contributed by atoms with Gasteiger partial charge in [0.2, 0.25) is 0 Å². The summed E-state index contributed by atoms with van der Waals surface area (Å²) in [6.45, 7) is 24.3. The van der Waals surface area contributed by atoms with E-state index >= 15 is 0 Å². The van der Waals surface area contributed by atoms with Crippen molar-refractivity contribution in [2.45, 2.75) is 103 Å². The van der Waals surface area contributed by atoms with Crippen molar-refractivity contribution in [1.82, 2.24) is 4.67 Å². The standard InChI is InChI=1S/C28H42NO2PS/c1-11-13-29(14-12-2)32-30-23-15-19(3)25(17-21(23)27(5,6)7)33-26-18-22(28(8,9)10)24(31-32)16-20(26)4/h15-18H,11-14H2,1-10H3. The summed E-state index contributed by atoms with van der Waals surface area (Å²) in [5, 5.41) is 0. The number of rotatable bonds is 5. The van der Waals surface area contributed by atoms with Crippen LogP contribution in [0.1, 0.15) is 90.5 Å². The molecule has 0 saturated carbocycles. The third-order valence-electron chi connectivity index (χ3n) is 5.94. The van der Waals surface area contributed by atoms with Gasteiger partial charge in [0.15, 0.2) is 0 Å². The van der Waals surface area contributed by atoms with E-state index in [0.29, 0.717) is 0 Å². The quantitative estimate of drug-likeness (QED) is 0.392. The predicted molar refractivity (Wildman–Crippen MR) is 144 cm³/mol. The maximum Gasteiger partial charge on any atom is 0.384 e. The summed E-state index contributed by atoms with van der Waals surface area (Å²) in [5.74, 6) is 1.91. The summed E-state index contributed by atoms with van der Waals surface area (Å²) in [7, 11) is -1.30. The summed E-state index contributed by atoms with van der Waals surface area (Å²) in [4.78, 5) is 2.60. The Labute approximate surface area is 207 Å². The van der Waals surface area contributed by atoms with Crippen LogP contribution in [0.15, 0.2) is 34.1 Å². The maximum absolute atomic E-state index is 6.87.